The average Bonchev–Trinajstić information content (AvgIpc) is 2.08. The zero-order valence-electron chi connectivity index (χ0n) is 6.74. The molecule has 0 aromatic carbocycles. The molecule has 0 aliphatic carbocycles. The summed E-state index contributed by atoms with van der Waals surface area (Å²) in [5.41, 5.74) is 0.781. The van der Waals surface area contributed by atoms with Crippen LogP contribution in [-0.4, -0.2) is 0 Å². The van der Waals surface area contributed by atoms with E-state index in [1.807, 2.05) is 20.8 Å². The van der Waals surface area contributed by atoms with Gasteiger partial charge in [0.1, 0.15) is 5.82 Å². The van der Waals surface area contributed by atoms with Gasteiger partial charge in [-0.25, -0.2) is 4.39 Å². The minimum atomic E-state index is -0.0688. The Labute approximate surface area is 84.0 Å². The fourth-order valence-corrected chi connectivity index (χ4v) is 3.26. The van der Waals surface area contributed by atoms with E-state index >= 15 is 0 Å². The Morgan fingerprint density at radius 3 is 2.18 bits per heavy atom. The number of hydrogen-bond acceptors (Lipinski definition) is 1. The van der Waals surface area contributed by atoms with Crippen molar-refractivity contribution in [3.63, 3.8) is 0 Å². The molecule has 3 heteroatoms. The van der Waals surface area contributed by atoms with Crippen LogP contribution in [-0.2, 0) is 5.41 Å². The lowest BCUT2D eigenvalue weighted by molar-refractivity contribution is 0.526. The van der Waals surface area contributed by atoms with Crippen LogP contribution < -0.4 is 0 Å². The van der Waals surface area contributed by atoms with Crippen LogP contribution in [0.3, 0.4) is 0 Å². The smallest absolute Gasteiger partial charge is 0.138 e. The number of rotatable bonds is 0. The van der Waals surface area contributed by atoms with Crippen molar-refractivity contribution in [3.8, 4) is 0 Å². The van der Waals surface area contributed by atoms with Crippen LogP contribution in [0.15, 0.2) is 5.38 Å². The highest BCUT2D eigenvalue weighted by Crippen LogP contribution is 2.33. The van der Waals surface area contributed by atoms with E-state index in [-0.39, 0.29) is 11.2 Å². The molecule has 1 aromatic heterocycles. The molecular weight excluding hydrogens is 274 g/mol. The number of halogens is 2. The average molecular weight is 284 g/mol. The van der Waals surface area contributed by atoms with Crippen molar-refractivity contribution in [2.24, 2.45) is 0 Å². The van der Waals surface area contributed by atoms with Gasteiger partial charge in [-0.3, -0.25) is 0 Å². The Morgan fingerprint density at radius 2 is 2.00 bits per heavy atom. The van der Waals surface area contributed by atoms with Crippen LogP contribution in [0.25, 0.3) is 0 Å². The summed E-state index contributed by atoms with van der Waals surface area (Å²) in [6.45, 7) is 6.08. The first-order chi connectivity index (χ1) is 4.93. The largest absolute Gasteiger partial charge is 0.206 e. The molecule has 0 spiro atoms. The molecule has 0 aliphatic heterocycles. The molecule has 0 amide bonds. The maximum absolute atomic E-state index is 13.1. The van der Waals surface area contributed by atoms with Crippen LogP contribution in [0.1, 0.15) is 26.3 Å². The number of hydrogen-bond donors (Lipinski definition) is 0. The van der Waals surface area contributed by atoms with Crippen molar-refractivity contribution in [1.29, 1.82) is 0 Å². The van der Waals surface area contributed by atoms with Crippen LogP contribution in [0.2, 0.25) is 0 Å². The molecule has 0 fully saturated rings. The van der Waals surface area contributed by atoms with Crippen molar-refractivity contribution in [3.05, 3.63) is 19.6 Å². The van der Waals surface area contributed by atoms with Crippen LogP contribution in [0.4, 0.5) is 4.39 Å². The Morgan fingerprint density at radius 1 is 1.45 bits per heavy atom. The summed E-state index contributed by atoms with van der Waals surface area (Å²) in [5.74, 6) is -0.0631. The fraction of sp³-hybridized carbons (Fsp3) is 0.500. The summed E-state index contributed by atoms with van der Waals surface area (Å²) in [5, 5.41) is 1.57. The second-order valence-corrected chi connectivity index (χ2v) is 6.17. The Balaban J connectivity index is 3.21. The van der Waals surface area contributed by atoms with Gasteiger partial charge in [0.05, 0.1) is 2.88 Å². The summed E-state index contributed by atoms with van der Waals surface area (Å²) in [6.07, 6.45) is 0. The van der Waals surface area contributed by atoms with Crippen molar-refractivity contribution in [1.82, 2.24) is 0 Å². The van der Waals surface area contributed by atoms with Crippen molar-refractivity contribution in [2.75, 3.05) is 0 Å². The molecule has 0 aliphatic rings. The predicted octanol–water partition coefficient (Wildman–Crippen LogP) is 3.79. The molecule has 0 radical (unpaired) electrons. The summed E-state index contributed by atoms with van der Waals surface area (Å²) < 4.78 is 14.2. The zero-order valence-corrected chi connectivity index (χ0v) is 9.72. The lowest BCUT2D eigenvalue weighted by atomic mass is 9.89. The maximum Gasteiger partial charge on any atom is 0.138 e. The topological polar surface area (TPSA) is 0 Å². The monoisotopic (exact) mass is 284 g/mol. The molecule has 0 bridgehead atoms. The quantitative estimate of drug-likeness (QED) is 0.636. The predicted molar refractivity (Wildman–Crippen MR) is 55.7 cm³/mol. The van der Waals surface area contributed by atoms with Crippen molar-refractivity contribution >= 4 is 33.9 Å². The van der Waals surface area contributed by atoms with Gasteiger partial charge in [0.25, 0.3) is 0 Å². The van der Waals surface area contributed by atoms with Gasteiger partial charge in [-0.1, -0.05) is 20.8 Å². The first-order valence-electron chi connectivity index (χ1n) is 3.36. The highest BCUT2D eigenvalue weighted by atomic mass is 127. The highest BCUT2D eigenvalue weighted by Gasteiger charge is 2.22. The van der Waals surface area contributed by atoms with Gasteiger partial charge < -0.3 is 0 Å². The Bertz CT molecular complexity index is 240. The molecule has 0 nitrogen and oxygen atoms in total. The lowest BCUT2D eigenvalue weighted by Crippen LogP contribution is -2.13. The van der Waals surface area contributed by atoms with Crippen molar-refractivity contribution in [2.45, 2.75) is 26.2 Å². The fourth-order valence-electron chi connectivity index (χ4n) is 0.968. The van der Waals surface area contributed by atoms with E-state index in [0.717, 1.165) is 8.45 Å². The zero-order chi connectivity index (χ0) is 8.65. The van der Waals surface area contributed by atoms with Gasteiger partial charge in [0.2, 0.25) is 0 Å². The molecule has 1 heterocycles. The third kappa shape index (κ3) is 1.93. The molecule has 11 heavy (non-hydrogen) atoms. The normalized spacial score (nSPS) is 12.1. The standard InChI is InChI=1S/C8H10FIS/c1-8(2,3)6-5(9)4-11-7(6)10/h4H,1-3H3. The van der Waals surface area contributed by atoms with Crippen LogP contribution in [0, 0.1) is 8.70 Å². The van der Waals surface area contributed by atoms with E-state index in [0.29, 0.717) is 0 Å². The second kappa shape index (κ2) is 3.01. The molecule has 0 atom stereocenters. The lowest BCUT2D eigenvalue weighted by Gasteiger charge is -2.17. The van der Waals surface area contributed by atoms with E-state index in [4.69, 9.17) is 0 Å². The maximum atomic E-state index is 13.1. The molecular formula is C8H10FIS. The summed E-state index contributed by atoms with van der Waals surface area (Å²) >= 11 is 3.65. The van der Waals surface area contributed by atoms with Gasteiger partial charge in [-0.15, -0.1) is 11.3 Å². The van der Waals surface area contributed by atoms with Gasteiger partial charge >= 0.3 is 0 Å². The molecule has 1 aromatic rings. The van der Waals surface area contributed by atoms with Crippen molar-refractivity contribution < 1.29 is 4.39 Å². The molecule has 0 unspecified atom stereocenters. The van der Waals surface area contributed by atoms with E-state index in [2.05, 4.69) is 22.6 Å². The van der Waals surface area contributed by atoms with Gasteiger partial charge in [-0.2, -0.15) is 0 Å². The van der Waals surface area contributed by atoms with Crippen LogP contribution >= 0.6 is 33.9 Å². The molecule has 0 N–H and O–H groups in total. The minimum absolute atomic E-state index is 0.0631. The molecule has 0 saturated carbocycles. The number of thiophene rings is 1. The minimum Gasteiger partial charge on any atom is -0.206 e. The van der Waals surface area contributed by atoms with E-state index in [1.54, 1.807) is 5.38 Å². The molecule has 0 saturated heterocycles. The van der Waals surface area contributed by atoms with E-state index < -0.39 is 0 Å². The van der Waals surface area contributed by atoms with Gasteiger partial charge in [-0.05, 0) is 28.0 Å². The van der Waals surface area contributed by atoms with Gasteiger partial charge in [0.15, 0.2) is 0 Å². The Kier molecular flexibility index (Phi) is 2.59. The third-order valence-electron chi connectivity index (χ3n) is 1.45. The third-order valence-corrected chi connectivity index (χ3v) is 3.49. The van der Waals surface area contributed by atoms with E-state index in [9.17, 15) is 4.39 Å². The summed E-state index contributed by atoms with van der Waals surface area (Å²) in [6, 6.07) is 0. The first-order valence-corrected chi connectivity index (χ1v) is 5.31. The SMILES string of the molecule is CC(C)(C)c1c(F)csc1I. The summed E-state index contributed by atoms with van der Waals surface area (Å²) in [4.78, 5) is 0. The second-order valence-electron chi connectivity index (χ2n) is 3.48. The first kappa shape index (κ1) is 9.45. The van der Waals surface area contributed by atoms with Gasteiger partial charge in [0, 0.05) is 10.9 Å². The Hall–Kier alpha value is 0.360. The molecule has 62 valence electrons. The van der Waals surface area contributed by atoms with E-state index in [1.165, 1.54) is 11.3 Å². The van der Waals surface area contributed by atoms with Crippen LogP contribution in [0.5, 0.6) is 0 Å². The summed E-state index contributed by atoms with van der Waals surface area (Å²) in [7, 11) is 0. The highest BCUT2D eigenvalue weighted by molar-refractivity contribution is 14.1. The molecule has 1 rings (SSSR count).